The lowest BCUT2D eigenvalue weighted by Crippen LogP contribution is -2.50. The summed E-state index contributed by atoms with van der Waals surface area (Å²) in [4.78, 5) is 14.9. The van der Waals surface area contributed by atoms with Crippen molar-refractivity contribution in [3.63, 3.8) is 0 Å². The number of aliphatic hydroxyl groups is 2. The van der Waals surface area contributed by atoms with Crippen LogP contribution in [0.4, 0.5) is 8.78 Å². The number of benzene rings is 2. The molecule has 7 nitrogen and oxygen atoms in total. The van der Waals surface area contributed by atoms with Crippen LogP contribution in [0.3, 0.4) is 0 Å². The van der Waals surface area contributed by atoms with Crippen molar-refractivity contribution in [1.82, 2.24) is 10.2 Å². The number of amides is 1. The molecule has 0 aliphatic carbocycles. The van der Waals surface area contributed by atoms with E-state index in [2.05, 4.69) is 5.32 Å². The quantitative estimate of drug-likeness (QED) is 0.306. The average molecular weight is 571 g/mol. The van der Waals surface area contributed by atoms with Crippen molar-refractivity contribution in [1.29, 1.82) is 0 Å². The fourth-order valence-corrected chi connectivity index (χ4v) is 4.74. The number of nitrogens with zero attached hydrogens (tertiary/aromatic N) is 1. The third-order valence-corrected chi connectivity index (χ3v) is 6.83. The number of hydrogen-bond acceptors (Lipinski definition) is 6. The third-order valence-electron chi connectivity index (χ3n) is 6.30. The van der Waals surface area contributed by atoms with E-state index in [4.69, 9.17) is 32.4 Å². The first-order valence-corrected chi connectivity index (χ1v) is 13.0. The van der Waals surface area contributed by atoms with Gasteiger partial charge in [0.05, 0.1) is 16.7 Å². The lowest BCUT2D eigenvalue weighted by molar-refractivity contribution is -0.151. The average Bonchev–Trinajstić information content (AvgIpc) is 3.51. The maximum absolute atomic E-state index is 15.2. The highest BCUT2D eigenvalue weighted by molar-refractivity contribution is 6.32. The van der Waals surface area contributed by atoms with Crippen LogP contribution in [0, 0.1) is 0 Å². The lowest BCUT2D eigenvalue weighted by atomic mass is 10.0. The van der Waals surface area contributed by atoms with Gasteiger partial charge >= 0.3 is 5.92 Å². The minimum Gasteiger partial charge on any atom is -0.489 e. The molecule has 206 valence electrons. The topological polar surface area (TPSA) is 95.2 Å². The van der Waals surface area contributed by atoms with Crippen LogP contribution < -0.4 is 10.1 Å². The van der Waals surface area contributed by atoms with Gasteiger partial charge in [-0.15, -0.1) is 0 Å². The van der Waals surface area contributed by atoms with E-state index >= 15 is 8.78 Å². The van der Waals surface area contributed by atoms with Crippen LogP contribution in [-0.2, 0) is 10.7 Å². The Labute approximate surface area is 229 Å². The number of halogens is 4. The van der Waals surface area contributed by atoms with Gasteiger partial charge in [-0.3, -0.25) is 4.79 Å². The SMILES string of the molecule is CC(C)(O)COc1ccc(C(O)C(CN2CCCC2)NC(=O)C(F)(F)c2cc3cc(Cl)ccc3o2)cc1Cl. The Morgan fingerprint density at radius 2 is 1.87 bits per heavy atom. The lowest BCUT2D eigenvalue weighted by Gasteiger charge is -2.30. The fourth-order valence-electron chi connectivity index (χ4n) is 4.31. The van der Waals surface area contributed by atoms with Gasteiger partial charge in [0, 0.05) is 17.0 Å². The molecule has 38 heavy (non-hydrogen) atoms. The van der Waals surface area contributed by atoms with Crippen molar-refractivity contribution in [3.05, 3.63) is 63.8 Å². The number of hydrogen-bond donors (Lipinski definition) is 3. The molecule has 1 aliphatic heterocycles. The molecule has 3 N–H and O–H groups in total. The number of rotatable bonds is 10. The van der Waals surface area contributed by atoms with E-state index in [0.29, 0.717) is 21.7 Å². The van der Waals surface area contributed by atoms with Crippen molar-refractivity contribution >= 4 is 40.1 Å². The Balaban J connectivity index is 1.55. The summed E-state index contributed by atoms with van der Waals surface area (Å²) in [7, 11) is 0. The Bertz CT molecular complexity index is 1290. The zero-order valence-electron chi connectivity index (χ0n) is 21.0. The highest BCUT2D eigenvalue weighted by Gasteiger charge is 2.46. The van der Waals surface area contributed by atoms with E-state index < -0.39 is 35.3 Å². The molecule has 3 aromatic rings. The normalized spacial score (nSPS) is 16.5. The number of aliphatic hydroxyl groups excluding tert-OH is 1. The molecule has 4 rings (SSSR count). The monoisotopic (exact) mass is 570 g/mol. The molecule has 1 aliphatic rings. The van der Waals surface area contributed by atoms with E-state index in [1.807, 2.05) is 4.90 Å². The summed E-state index contributed by atoms with van der Waals surface area (Å²) in [6, 6.07) is 8.96. The number of fused-ring (bicyclic) bond motifs is 1. The number of ether oxygens (including phenoxy) is 1. The Kier molecular flexibility index (Phi) is 8.54. The molecule has 0 radical (unpaired) electrons. The van der Waals surface area contributed by atoms with Crippen LogP contribution in [0.25, 0.3) is 11.0 Å². The van der Waals surface area contributed by atoms with Crippen LogP contribution in [-0.4, -0.2) is 58.9 Å². The summed E-state index contributed by atoms with van der Waals surface area (Å²) in [5.41, 5.74) is -0.590. The molecule has 1 fully saturated rings. The van der Waals surface area contributed by atoms with Gasteiger partial charge in [-0.05, 0) is 81.7 Å². The maximum atomic E-state index is 15.2. The number of carbonyl (C=O) groups is 1. The smallest absolute Gasteiger partial charge is 0.380 e. The van der Waals surface area contributed by atoms with Crippen molar-refractivity contribution < 1.29 is 32.9 Å². The van der Waals surface area contributed by atoms with Crippen LogP contribution in [0.2, 0.25) is 10.0 Å². The highest BCUT2D eigenvalue weighted by Crippen LogP contribution is 2.35. The molecule has 2 aromatic carbocycles. The first-order chi connectivity index (χ1) is 17.8. The first-order valence-electron chi connectivity index (χ1n) is 12.3. The van der Waals surface area contributed by atoms with E-state index in [1.54, 1.807) is 19.9 Å². The molecule has 0 spiro atoms. The Morgan fingerprint density at radius 1 is 1.16 bits per heavy atom. The molecule has 2 heterocycles. The second-order valence-corrected chi connectivity index (χ2v) is 11.0. The first kappa shape index (κ1) is 28.6. The van der Waals surface area contributed by atoms with Crippen molar-refractivity contribution in [2.45, 2.75) is 50.4 Å². The minimum absolute atomic E-state index is 0.00859. The van der Waals surface area contributed by atoms with Crippen molar-refractivity contribution in [3.8, 4) is 5.75 Å². The molecule has 0 saturated carbocycles. The van der Waals surface area contributed by atoms with E-state index in [-0.39, 0.29) is 23.8 Å². The van der Waals surface area contributed by atoms with E-state index in [1.165, 1.54) is 30.3 Å². The van der Waals surface area contributed by atoms with Gasteiger partial charge < -0.3 is 29.6 Å². The van der Waals surface area contributed by atoms with Crippen molar-refractivity contribution in [2.75, 3.05) is 26.2 Å². The zero-order valence-corrected chi connectivity index (χ0v) is 22.5. The summed E-state index contributed by atoms with van der Waals surface area (Å²) >= 11 is 12.3. The van der Waals surface area contributed by atoms with Gasteiger partial charge in [0.1, 0.15) is 24.0 Å². The summed E-state index contributed by atoms with van der Waals surface area (Å²) in [6.45, 7) is 4.77. The predicted octanol–water partition coefficient (Wildman–Crippen LogP) is 5.30. The van der Waals surface area contributed by atoms with Crippen LogP contribution in [0.5, 0.6) is 5.75 Å². The maximum Gasteiger partial charge on any atom is 0.380 e. The molecule has 1 aromatic heterocycles. The standard InChI is InChI=1S/C27H30Cl2F2N2O5/c1-26(2,36)15-37-22-7-5-16(12-19(22)29)24(34)20(14-33-9-3-4-10-33)32-25(35)27(30,31)23-13-17-11-18(28)6-8-21(17)38-23/h5-8,11-13,20,24,34,36H,3-4,9-10,14-15H2,1-2H3,(H,32,35). The molecular weight excluding hydrogens is 541 g/mol. The Hall–Kier alpha value is -2.43. The molecule has 2 unspecified atom stereocenters. The van der Waals surface area contributed by atoms with Crippen LogP contribution in [0.15, 0.2) is 46.9 Å². The molecular formula is C27H30Cl2F2N2O5. The van der Waals surface area contributed by atoms with E-state index in [9.17, 15) is 15.0 Å². The molecule has 11 heteroatoms. The summed E-state index contributed by atoms with van der Waals surface area (Å²) < 4.78 is 41.3. The molecule has 1 saturated heterocycles. The largest absolute Gasteiger partial charge is 0.489 e. The fraction of sp³-hybridized carbons (Fsp3) is 0.444. The summed E-state index contributed by atoms with van der Waals surface area (Å²) in [6.07, 6.45) is 0.534. The highest BCUT2D eigenvalue weighted by atomic mass is 35.5. The van der Waals surface area contributed by atoms with Crippen LogP contribution >= 0.6 is 23.2 Å². The van der Waals surface area contributed by atoms with Gasteiger partial charge in [-0.2, -0.15) is 8.78 Å². The number of alkyl halides is 2. The number of furan rings is 1. The predicted molar refractivity (Wildman–Crippen MR) is 141 cm³/mol. The van der Waals surface area contributed by atoms with Gasteiger partial charge in [0.15, 0.2) is 5.76 Å². The number of carbonyl (C=O) groups excluding carboxylic acids is 1. The zero-order chi connectivity index (χ0) is 27.7. The number of likely N-dealkylation sites (tertiary alicyclic amines) is 1. The van der Waals surface area contributed by atoms with Gasteiger partial charge in [0.2, 0.25) is 0 Å². The van der Waals surface area contributed by atoms with E-state index in [0.717, 1.165) is 32.0 Å². The van der Waals surface area contributed by atoms with Gasteiger partial charge in [-0.25, -0.2) is 0 Å². The summed E-state index contributed by atoms with van der Waals surface area (Å²) in [5.74, 6) is -6.12. The second-order valence-electron chi connectivity index (χ2n) is 10.2. The second kappa shape index (κ2) is 11.4. The molecule has 2 atom stereocenters. The third kappa shape index (κ3) is 6.76. The number of nitrogens with one attached hydrogen (secondary N) is 1. The van der Waals surface area contributed by atoms with Crippen molar-refractivity contribution in [2.24, 2.45) is 0 Å². The Morgan fingerprint density at radius 3 is 2.53 bits per heavy atom. The van der Waals surface area contributed by atoms with Gasteiger partial charge in [0.25, 0.3) is 5.91 Å². The molecule has 1 amide bonds. The van der Waals surface area contributed by atoms with Gasteiger partial charge in [-0.1, -0.05) is 29.3 Å². The summed E-state index contributed by atoms with van der Waals surface area (Å²) in [5, 5.41) is 24.3. The van der Waals surface area contributed by atoms with Crippen LogP contribution in [0.1, 0.15) is 44.1 Å². The molecule has 0 bridgehead atoms. The minimum atomic E-state index is -4.00.